The first-order valence-corrected chi connectivity index (χ1v) is 10.6. The number of nitrogens with zero attached hydrogens (tertiary/aromatic N) is 3. The van der Waals surface area contributed by atoms with Crippen molar-refractivity contribution < 1.29 is 26.3 Å². The molecule has 0 amide bonds. The summed E-state index contributed by atoms with van der Waals surface area (Å²) in [6.45, 7) is 1.62. The minimum absolute atomic E-state index is 0.174. The van der Waals surface area contributed by atoms with Gasteiger partial charge >= 0.3 is 6.18 Å². The summed E-state index contributed by atoms with van der Waals surface area (Å²) in [5, 5.41) is 0. The molecule has 156 valence electrons. The van der Waals surface area contributed by atoms with Gasteiger partial charge in [-0.2, -0.15) is 21.6 Å². The third kappa shape index (κ3) is 5.40. The summed E-state index contributed by atoms with van der Waals surface area (Å²) in [5.41, 5.74) is 5.01. The number of rotatable bonds is 4. The fourth-order valence-corrected chi connectivity index (χ4v) is 4.82. The molecule has 7 nitrogen and oxygen atoms in total. The van der Waals surface area contributed by atoms with E-state index >= 15 is 0 Å². The molecule has 29 heavy (non-hydrogen) atoms. The van der Waals surface area contributed by atoms with Crippen molar-refractivity contribution in [2.24, 2.45) is 10.1 Å². The van der Waals surface area contributed by atoms with Crippen molar-refractivity contribution in [3.8, 4) is 0 Å². The largest absolute Gasteiger partial charge is 0.416 e. The number of morpholine rings is 1. The molecule has 0 aliphatic carbocycles. The fourth-order valence-electron chi connectivity index (χ4n) is 2.53. The Morgan fingerprint density at radius 3 is 2.66 bits per heavy atom. The average Bonchev–Trinajstić information content (AvgIpc) is 2.68. The van der Waals surface area contributed by atoms with Crippen LogP contribution in [0, 0.1) is 0 Å². The first-order valence-electron chi connectivity index (χ1n) is 8.39. The van der Waals surface area contributed by atoms with E-state index in [4.69, 9.17) is 10.5 Å². The highest BCUT2D eigenvalue weighted by molar-refractivity contribution is 8.00. The van der Waals surface area contributed by atoms with E-state index in [0.29, 0.717) is 26.3 Å². The fraction of sp³-hybridized carbons (Fsp3) is 0.294. The van der Waals surface area contributed by atoms with Gasteiger partial charge in [0.15, 0.2) is 0 Å². The van der Waals surface area contributed by atoms with Crippen LogP contribution in [0.5, 0.6) is 0 Å². The lowest BCUT2D eigenvalue weighted by atomic mass is 10.2. The Hall–Kier alpha value is -2.31. The smallest absolute Gasteiger partial charge is 0.378 e. The molecule has 3 rings (SSSR count). The second kappa shape index (κ2) is 8.59. The Morgan fingerprint density at radius 2 is 1.97 bits per heavy atom. The van der Waals surface area contributed by atoms with Crippen LogP contribution in [0.2, 0.25) is 0 Å². The van der Waals surface area contributed by atoms with Crippen LogP contribution in [-0.4, -0.2) is 50.6 Å². The van der Waals surface area contributed by atoms with Crippen LogP contribution in [0.1, 0.15) is 5.56 Å². The van der Waals surface area contributed by atoms with Gasteiger partial charge in [-0.05, 0) is 24.3 Å². The van der Waals surface area contributed by atoms with E-state index in [1.807, 2.05) is 0 Å². The molecular formula is C17H17F3N4O3S2. The monoisotopic (exact) mass is 446 g/mol. The van der Waals surface area contributed by atoms with E-state index in [0.717, 1.165) is 30.1 Å². The molecule has 0 radical (unpaired) electrons. The lowest BCUT2D eigenvalue weighted by Gasteiger charge is -2.27. The Balaban J connectivity index is 1.90. The number of hydrogen-bond donors (Lipinski definition) is 1. The molecule has 1 aromatic carbocycles. The number of alkyl halides is 3. The highest BCUT2D eigenvalue weighted by Crippen LogP contribution is 2.36. The predicted molar refractivity (Wildman–Crippen MR) is 101 cm³/mol. The van der Waals surface area contributed by atoms with Crippen LogP contribution < -0.4 is 5.73 Å². The maximum absolute atomic E-state index is 12.9. The van der Waals surface area contributed by atoms with Gasteiger partial charge in [-0.15, -0.1) is 4.40 Å². The number of halogens is 3. The molecule has 2 aromatic rings. The van der Waals surface area contributed by atoms with E-state index in [2.05, 4.69) is 9.38 Å². The lowest BCUT2D eigenvalue weighted by molar-refractivity contribution is -0.137. The number of benzene rings is 1. The summed E-state index contributed by atoms with van der Waals surface area (Å²) >= 11 is 0.871. The van der Waals surface area contributed by atoms with Gasteiger partial charge in [0.2, 0.25) is 5.96 Å². The first-order chi connectivity index (χ1) is 13.7. The van der Waals surface area contributed by atoms with Crippen LogP contribution in [0.15, 0.2) is 61.8 Å². The molecule has 0 spiro atoms. The van der Waals surface area contributed by atoms with Crippen LogP contribution >= 0.6 is 11.8 Å². The average molecular weight is 446 g/mol. The van der Waals surface area contributed by atoms with E-state index in [1.165, 1.54) is 24.4 Å². The maximum atomic E-state index is 12.9. The van der Waals surface area contributed by atoms with E-state index in [1.54, 1.807) is 4.90 Å². The molecule has 1 fully saturated rings. The Kier molecular flexibility index (Phi) is 6.34. The molecule has 2 heterocycles. The van der Waals surface area contributed by atoms with Gasteiger partial charge in [0.1, 0.15) is 4.90 Å². The summed E-state index contributed by atoms with van der Waals surface area (Å²) in [6, 6.07) is 6.02. The normalized spacial score (nSPS) is 16.1. The Bertz CT molecular complexity index is 1010. The number of nitrogens with two attached hydrogens (primary N) is 1. The molecule has 0 saturated carbocycles. The zero-order valence-corrected chi connectivity index (χ0v) is 16.6. The molecule has 1 aliphatic rings. The third-order valence-corrected chi connectivity index (χ3v) is 6.47. The quantitative estimate of drug-likeness (QED) is 0.569. The van der Waals surface area contributed by atoms with Gasteiger partial charge in [-0.3, -0.25) is 4.98 Å². The number of pyridine rings is 1. The Labute approximate surface area is 169 Å². The van der Waals surface area contributed by atoms with Crippen LogP contribution in [0.4, 0.5) is 13.2 Å². The van der Waals surface area contributed by atoms with Crippen LogP contribution in [0.25, 0.3) is 0 Å². The zero-order chi connectivity index (χ0) is 21.1. The molecule has 0 unspecified atom stereocenters. The van der Waals surface area contributed by atoms with Crippen molar-refractivity contribution in [2.75, 3.05) is 26.3 Å². The molecule has 1 saturated heterocycles. The summed E-state index contributed by atoms with van der Waals surface area (Å²) in [7, 11) is -4.22. The number of ether oxygens (including phenoxy) is 1. The van der Waals surface area contributed by atoms with Gasteiger partial charge in [0.05, 0.1) is 18.8 Å². The predicted octanol–water partition coefficient (Wildman–Crippen LogP) is 2.59. The molecule has 0 bridgehead atoms. The van der Waals surface area contributed by atoms with Gasteiger partial charge in [-0.25, -0.2) is 0 Å². The van der Waals surface area contributed by atoms with Gasteiger partial charge in [-0.1, -0.05) is 17.8 Å². The zero-order valence-electron chi connectivity index (χ0n) is 15.0. The standard InChI is InChI=1S/C17H17F3N4O3S2/c18-17(19,20)12-2-1-3-13(10-12)28-14-4-5-22-11-15(14)29(25,26)23-16(21)24-6-8-27-9-7-24/h1-5,10-11H,6-9H2,(H2,21,23). The van der Waals surface area contributed by atoms with Crippen molar-refractivity contribution in [1.29, 1.82) is 0 Å². The van der Waals surface area contributed by atoms with Gasteiger partial charge < -0.3 is 15.4 Å². The van der Waals surface area contributed by atoms with Crippen molar-refractivity contribution in [3.63, 3.8) is 0 Å². The SMILES string of the molecule is N/C(=N\S(=O)(=O)c1cnccc1Sc1cccc(C(F)(F)F)c1)N1CCOCC1. The summed E-state index contributed by atoms with van der Waals surface area (Å²) < 4.78 is 73.2. The number of sulfonamides is 1. The lowest BCUT2D eigenvalue weighted by Crippen LogP contribution is -2.45. The maximum Gasteiger partial charge on any atom is 0.416 e. The molecule has 12 heteroatoms. The Morgan fingerprint density at radius 1 is 1.24 bits per heavy atom. The second-order valence-corrected chi connectivity index (χ2v) is 8.66. The third-order valence-electron chi connectivity index (χ3n) is 3.96. The summed E-state index contributed by atoms with van der Waals surface area (Å²) in [5.74, 6) is -0.174. The molecule has 0 atom stereocenters. The topological polar surface area (TPSA) is 97.9 Å². The second-order valence-electron chi connectivity index (χ2n) is 5.97. The molecular weight excluding hydrogens is 429 g/mol. The minimum Gasteiger partial charge on any atom is -0.378 e. The van der Waals surface area contributed by atoms with Gasteiger partial charge in [0, 0.05) is 35.3 Å². The highest BCUT2D eigenvalue weighted by atomic mass is 32.2. The summed E-state index contributed by atoms with van der Waals surface area (Å²) in [4.78, 5) is 5.58. The van der Waals surface area contributed by atoms with Crippen molar-refractivity contribution >= 4 is 27.7 Å². The van der Waals surface area contributed by atoms with Gasteiger partial charge in [0.25, 0.3) is 10.0 Å². The molecule has 1 aromatic heterocycles. The van der Waals surface area contributed by atoms with Crippen molar-refractivity contribution in [3.05, 3.63) is 48.3 Å². The highest BCUT2D eigenvalue weighted by Gasteiger charge is 2.30. The van der Waals surface area contributed by atoms with E-state index < -0.39 is 21.8 Å². The van der Waals surface area contributed by atoms with E-state index in [9.17, 15) is 21.6 Å². The van der Waals surface area contributed by atoms with E-state index in [-0.39, 0.29) is 20.6 Å². The number of aromatic nitrogens is 1. The number of guanidine groups is 1. The number of hydrogen-bond acceptors (Lipinski definition) is 5. The van der Waals surface area contributed by atoms with Crippen molar-refractivity contribution in [1.82, 2.24) is 9.88 Å². The van der Waals surface area contributed by atoms with Crippen molar-refractivity contribution in [2.45, 2.75) is 20.9 Å². The van der Waals surface area contributed by atoms with Crippen LogP contribution in [0.3, 0.4) is 0 Å². The molecule has 2 N–H and O–H groups in total. The first kappa shape index (κ1) is 21.4. The summed E-state index contributed by atoms with van der Waals surface area (Å²) in [6.07, 6.45) is -2.05. The minimum atomic E-state index is -4.50. The van der Waals surface area contributed by atoms with Crippen LogP contribution in [-0.2, 0) is 20.9 Å². The molecule has 1 aliphatic heterocycles.